The minimum Gasteiger partial charge on any atom is -0.497 e. The lowest BCUT2D eigenvalue weighted by atomic mass is 10.1. The number of benzene rings is 2. The Hall–Kier alpha value is -3.15. The molecule has 0 N–H and O–H groups in total. The standard InChI is InChI=1S/C21H21N3O3/c1-14-6-8-15(9-7-14)12-24-13-17(11-19(24)25)20-22-21(27-23-20)16-4-3-5-18(10-16)26-2/h3-10,17H,11-13H2,1-2H3. The predicted molar refractivity (Wildman–Crippen MR) is 100 cm³/mol. The average molecular weight is 363 g/mol. The summed E-state index contributed by atoms with van der Waals surface area (Å²) in [6.45, 7) is 3.26. The molecule has 2 heterocycles. The Morgan fingerprint density at radius 1 is 1.22 bits per heavy atom. The highest BCUT2D eigenvalue weighted by Crippen LogP contribution is 2.30. The van der Waals surface area contributed by atoms with Gasteiger partial charge < -0.3 is 14.2 Å². The van der Waals surface area contributed by atoms with Gasteiger partial charge in [-0.15, -0.1) is 0 Å². The van der Waals surface area contributed by atoms with Crippen LogP contribution in [-0.4, -0.2) is 34.6 Å². The van der Waals surface area contributed by atoms with Crippen LogP contribution in [0.15, 0.2) is 53.1 Å². The van der Waals surface area contributed by atoms with Crippen LogP contribution in [0, 0.1) is 6.92 Å². The molecular weight excluding hydrogens is 342 g/mol. The SMILES string of the molecule is COc1cccc(-c2nc(C3CC(=O)N(Cc4ccc(C)cc4)C3)no2)c1. The van der Waals surface area contributed by atoms with Crippen molar-refractivity contribution < 1.29 is 14.1 Å². The molecule has 0 aliphatic carbocycles. The largest absolute Gasteiger partial charge is 0.497 e. The number of hydrogen-bond acceptors (Lipinski definition) is 5. The maximum absolute atomic E-state index is 12.4. The first-order valence-corrected chi connectivity index (χ1v) is 8.94. The van der Waals surface area contributed by atoms with Crippen LogP contribution < -0.4 is 4.74 Å². The lowest BCUT2D eigenvalue weighted by molar-refractivity contribution is -0.128. The van der Waals surface area contributed by atoms with E-state index in [1.54, 1.807) is 7.11 Å². The van der Waals surface area contributed by atoms with Gasteiger partial charge in [-0.25, -0.2) is 0 Å². The third kappa shape index (κ3) is 3.69. The van der Waals surface area contributed by atoms with Gasteiger partial charge >= 0.3 is 0 Å². The van der Waals surface area contributed by atoms with Crippen LogP contribution in [0.5, 0.6) is 5.75 Å². The van der Waals surface area contributed by atoms with E-state index in [-0.39, 0.29) is 11.8 Å². The molecule has 1 aliphatic rings. The van der Waals surface area contributed by atoms with Crippen molar-refractivity contribution in [3.63, 3.8) is 0 Å². The van der Waals surface area contributed by atoms with Crippen LogP contribution in [0.1, 0.15) is 29.3 Å². The smallest absolute Gasteiger partial charge is 0.258 e. The van der Waals surface area contributed by atoms with Gasteiger partial charge in [0.2, 0.25) is 5.91 Å². The normalized spacial score (nSPS) is 16.7. The number of carbonyl (C=O) groups is 1. The summed E-state index contributed by atoms with van der Waals surface area (Å²) < 4.78 is 10.7. The summed E-state index contributed by atoms with van der Waals surface area (Å²) in [5.74, 6) is 1.81. The molecule has 6 nitrogen and oxygen atoms in total. The molecule has 0 radical (unpaired) electrons. The number of aryl methyl sites for hydroxylation is 1. The minimum absolute atomic E-state index is 0.0499. The lowest BCUT2D eigenvalue weighted by Crippen LogP contribution is -2.24. The van der Waals surface area contributed by atoms with Gasteiger partial charge in [0, 0.05) is 31.0 Å². The van der Waals surface area contributed by atoms with Gasteiger partial charge in [-0.1, -0.05) is 41.1 Å². The first kappa shape index (κ1) is 17.3. The molecule has 4 rings (SSSR count). The Labute approximate surface area is 157 Å². The van der Waals surface area contributed by atoms with Crippen LogP contribution in [0.4, 0.5) is 0 Å². The monoisotopic (exact) mass is 363 g/mol. The second-order valence-corrected chi connectivity index (χ2v) is 6.85. The Balaban J connectivity index is 1.47. The zero-order valence-electron chi connectivity index (χ0n) is 15.4. The van der Waals surface area contributed by atoms with E-state index in [0.29, 0.717) is 31.2 Å². The number of methoxy groups -OCH3 is 1. The third-order valence-corrected chi connectivity index (χ3v) is 4.83. The highest BCUT2D eigenvalue weighted by molar-refractivity contribution is 5.79. The van der Waals surface area contributed by atoms with E-state index in [4.69, 9.17) is 9.26 Å². The molecule has 1 saturated heterocycles. The number of hydrogen-bond donors (Lipinski definition) is 0. The van der Waals surface area contributed by atoms with Crippen molar-refractivity contribution in [3.05, 3.63) is 65.5 Å². The molecule has 0 spiro atoms. The molecule has 1 atom stereocenters. The second kappa shape index (κ2) is 7.23. The van der Waals surface area contributed by atoms with Crippen molar-refractivity contribution in [2.24, 2.45) is 0 Å². The molecule has 3 aromatic rings. The molecule has 0 saturated carbocycles. The highest BCUT2D eigenvalue weighted by atomic mass is 16.5. The van der Waals surface area contributed by atoms with Crippen LogP contribution >= 0.6 is 0 Å². The van der Waals surface area contributed by atoms with Crippen molar-refractivity contribution in [2.75, 3.05) is 13.7 Å². The Morgan fingerprint density at radius 3 is 2.81 bits per heavy atom. The van der Waals surface area contributed by atoms with Crippen molar-refractivity contribution in [1.82, 2.24) is 15.0 Å². The first-order valence-electron chi connectivity index (χ1n) is 8.94. The number of rotatable bonds is 5. The molecule has 0 bridgehead atoms. The van der Waals surface area contributed by atoms with E-state index in [1.807, 2.05) is 29.2 Å². The zero-order chi connectivity index (χ0) is 18.8. The zero-order valence-corrected chi connectivity index (χ0v) is 15.4. The first-order chi connectivity index (χ1) is 13.1. The van der Waals surface area contributed by atoms with Crippen molar-refractivity contribution in [1.29, 1.82) is 0 Å². The maximum Gasteiger partial charge on any atom is 0.258 e. The van der Waals surface area contributed by atoms with Gasteiger partial charge in [-0.2, -0.15) is 4.98 Å². The van der Waals surface area contributed by atoms with E-state index in [9.17, 15) is 4.79 Å². The van der Waals surface area contributed by atoms with Gasteiger partial charge in [-0.3, -0.25) is 4.79 Å². The predicted octanol–water partition coefficient (Wildman–Crippen LogP) is 3.57. The number of likely N-dealkylation sites (tertiary alicyclic amines) is 1. The molecule has 1 aromatic heterocycles. The van der Waals surface area contributed by atoms with Crippen LogP contribution in [0.25, 0.3) is 11.5 Å². The fourth-order valence-electron chi connectivity index (χ4n) is 3.29. The van der Waals surface area contributed by atoms with Crippen LogP contribution in [0.2, 0.25) is 0 Å². The van der Waals surface area contributed by atoms with Crippen molar-refractivity contribution >= 4 is 5.91 Å². The molecule has 2 aromatic carbocycles. The molecule has 1 amide bonds. The molecule has 1 fully saturated rings. The van der Waals surface area contributed by atoms with Crippen LogP contribution in [0.3, 0.4) is 0 Å². The van der Waals surface area contributed by atoms with Gasteiger partial charge in [0.1, 0.15) is 5.75 Å². The minimum atomic E-state index is -0.0499. The number of carbonyl (C=O) groups excluding carboxylic acids is 1. The summed E-state index contributed by atoms with van der Waals surface area (Å²) in [4.78, 5) is 18.8. The topological polar surface area (TPSA) is 68.5 Å². The summed E-state index contributed by atoms with van der Waals surface area (Å²) >= 11 is 0. The molecule has 6 heteroatoms. The Kier molecular flexibility index (Phi) is 4.62. The van der Waals surface area contributed by atoms with Gasteiger partial charge in [-0.05, 0) is 30.7 Å². The quantitative estimate of drug-likeness (QED) is 0.693. The van der Waals surface area contributed by atoms with Crippen molar-refractivity contribution in [3.8, 4) is 17.2 Å². The van der Waals surface area contributed by atoms with Gasteiger partial charge in [0.15, 0.2) is 5.82 Å². The van der Waals surface area contributed by atoms with E-state index in [1.165, 1.54) is 5.56 Å². The fourth-order valence-corrected chi connectivity index (χ4v) is 3.29. The summed E-state index contributed by atoms with van der Waals surface area (Å²) in [6, 6.07) is 15.7. The highest BCUT2D eigenvalue weighted by Gasteiger charge is 2.33. The molecule has 1 aliphatic heterocycles. The van der Waals surface area contributed by atoms with E-state index in [0.717, 1.165) is 16.9 Å². The van der Waals surface area contributed by atoms with Crippen LogP contribution in [-0.2, 0) is 11.3 Å². The number of ether oxygens (including phenoxy) is 1. The van der Waals surface area contributed by atoms with Gasteiger partial charge in [0.25, 0.3) is 5.89 Å². The maximum atomic E-state index is 12.4. The number of nitrogens with zero attached hydrogens (tertiary/aromatic N) is 3. The number of amides is 1. The van der Waals surface area contributed by atoms with E-state index < -0.39 is 0 Å². The molecule has 138 valence electrons. The Morgan fingerprint density at radius 2 is 2.04 bits per heavy atom. The average Bonchev–Trinajstić information content (AvgIpc) is 3.31. The summed E-state index contributed by atoms with van der Waals surface area (Å²) in [7, 11) is 1.62. The Bertz CT molecular complexity index is 949. The third-order valence-electron chi connectivity index (χ3n) is 4.83. The summed E-state index contributed by atoms with van der Waals surface area (Å²) in [5, 5.41) is 4.11. The second-order valence-electron chi connectivity index (χ2n) is 6.85. The molecule has 27 heavy (non-hydrogen) atoms. The summed E-state index contributed by atoms with van der Waals surface area (Å²) in [6.07, 6.45) is 0.406. The lowest BCUT2D eigenvalue weighted by Gasteiger charge is -2.16. The van der Waals surface area contributed by atoms with Gasteiger partial charge in [0.05, 0.1) is 7.11 Å². The molecule has 1 unspecified atom stereocenters. The number of aromatic nitrogens is 2. The van der Waals surface area contributed by atoms with E-state index >= 15 is 0 Å². The van der Waals surface area contributed by atoms with Crippen molar-refractivity contribution in [2.45, 2.75) is 25.8 Å². The summed E-state index contributed by atoms with van der Waals surface area (Å²) in [5.41, 5.74) is 3.13. The fraction of sp³-hybridized carbons (Fsp3) is 0.286. The van der Waals surface area contributed by atoms with E-state index in [2.05, 4.69) is 41.3 Å². The molecular formula is C21H21N3O3.